The lowest BCUT2D eigenvalue weighted by Gasteiger charge is -2.25. The van der Waals surface area contributed by atoms with Crippen LogP contribution in [-0.2, 0) is 15.8 Å². The number of carbonyl (C=O) groups is 2. The molecule has 0 spiro atoms. The van der Waals surface area contributed by atoms with Crippen LogP contribution in [0.3, 0.4) is 0 Å². The fraction of sp³-hybridized carbons (Fsp3) is 0.357. The minimum atomic E-state index is -4.70. The van der Waals surface area contributed by atoms with Crippen LogP contribution in [0, 0.1) is 18.3 Å². The van der Waals surface area contributed by atoms with Crippen molar-refractivity contribution in [3.8, 4) is 6.07 Å². The summed E-state index contributed by atoms with van der Waals surface area (Å²) in [6.07, 6.45) is -3.76. The van der Waals surface area contributed by atoms with Crippen LogP contribution in [0.1, 0.15) is 29.5 Å². The third-order valence-corrected chi connectivity index (χ3v) is 3.51. The molecule has 1 aliphatic heterocycles. The summed E-state index contributed by atoms with van der Waals surface area (Å²) in [6.45, 7) is 1.20. The van der Waals surface area contributed by atoms with Crippen LogP contribution < -0.4 is 4.90 Å². The SMILES string of the molecule is Cc1c(N2C(=O)CC[C@@H]2C=O)ccc(C#N)c1C(F)(F)F. The number of anilines is 1. The molecule has 1 aromatic carbocycles. The van der Waals surface area contributed by atoms with E-state index in [1.54, 1.807) is 0 Å². The average Bonchev–Trinajstić information content (AvgIpc) is 2.78. The lowest BCUT2D eigenvalue weighted by molar-refractivity contribution is -0.138. The number of alkyl halides is 3. The molecule has 1 aliphatic rings. The molecule has 1 saturated heterocycles. The molecule has 1 fully saturated rings. The second-order valence-electron chi connectivity index (χ2n) is 4.75. The number of halogens is 3. The maximum absolute atomic E-state index is 13.1. The van der Waals surface area contributed by atoms with Crippen LogP contribution in [0.4, 0.5) is 18.9 Å². The van der Waals surface area contributed by atoms with Crippen LogP contribution in [-0.4, -0.2) is 18.2 Å². The average molecular weight is 296 g/mol. The molecule has 0 aromatic heterocycles. The number of nitrogens with zero attached hydrogens (tertiary/aromatic N) is 2. The number of benzene rings is 1. The Balaban J connectivity index is 2.65. The van der Waals surface area contributed by atoms with E-state index >= 15 is 0 Å². The maximum Gasteiger partial charge on any atom is 0.418 e. The van der Waals surface area contributed by atoms with Gasteiger partial charge in [-0.2, -0.15) is 18.4 Å². The normalized spacial score (nSPS) is 18.7. The first-order valence-corrected chi connectivity index (χ1v) is 6.19. The molecule has 1 amide bonds. The van der Waals surface area contributed by atoms with Gasteiger partial charge in [0.15, 0.2) is 0 Å². The predicted molar refractivity (Wildman–Crippen MR) is 67.5 cm³/mol. The molecule has 4 nitrogen and oxygen atoms in total. The Morgan fingerprint density at radius 2 is 2.10 bits per heavy atom. The maximum atomic E-state index is 13.1. The molecule has 0 radical (unpaired) electrons. The molecule has 1 heterocycles. The van der Waals surface area contributed by atoms with Crippen LogP contribution in [0.5, 0.6) is 0 Å². The number of aldehydes is 1. The monoisotopic (exact) mass is 296 g/mol. The highest BCUT2D eigenvalue weighted by molar-refractivity contribution is 6.01. The molecule has 0 unspecified atom stereocenters. The lowest BCUT2D eigenvalue weighted by Crippen LogP contribution is -2.35. The van der Waals surface area contributed by atoms with E-state index in [4.69, 9.17) is 5.26 Å². The summed E-state index contributed by atoms with van der Waals surface area (Å²) in [7, 11) is 0. The molecule has 1 aromatic rings. The zero-order chi connectivity index (χ0) is 15.8. The van der Waals surface area contributed by atoms with Crippen molar-refractivity contribution in [3.05, 3.63) is 28.8 Å². The van der Waals surface area contributed by atoms with E-state index in [9.17, 15) is 22.8 Å². The third-order valence-electron chi connectivity index (χ3n) is 3.51. The highest BCUT2D eigenvalue weighted by Gasteiger charge is 2.39. The van der Waals surface area contributed by atoms with Gasteiger partial charge in [-0.1, -0.05) is 0 Å². The Morgan fingerprint density at radius 3 is 2.62 bits per heavy atom. The number of hydrogen-bond acceptors (Lipinski definition) is 3. The number of carbonyl (C=O) groups excluding carboxylic acids is 2. The van der Waals surface area contributed by atoms with Gasteiger partial charge >= 0.3 is 6.18 Å². The van der Waals surface area contributed by atoms with Gasteiger partial charge in [0.2, 0.25) is 5.91 Å². The lowest BCUT2D eigenvalue weighted by atomic mass is 9.99. The summed E-state index contributed by atoms with van der Waals surface area (Å²) in [6, 6.07) is 3.05. The number of nitriles is 1. The summed E-state index contributed by atoms with van der Waals surface area (Å²) in [5.74, 6) is -0.395. The largest absolute Gasteiger partial charge is 0.418 e. The van der Waals surface area contributed by atoms with Crippen molar-refractivity contribution in [2.75, 3.05) is 4.90 Å². The molecule has 7 heteroatoms. The van der Waals surface area contributed by atoms with Gasteiger partial charge in [0.25, 0.3) is 0 Å². The van der Waals surface area contributed by atoms with Gasteiger partial charge in [-0.15, -0.1) is 0 Å². The van der Waals surface area contributed by atoms with E-state index in [0.29, 0.717) is 6.29 Å². The molecule has 0 N–H and O–H groups in total. The van der Waals surface area contributed by atoms with Gasteiger partial charge in [0.1, 0.15) is 6.29 Å². The third kappa shape index (κ3) is 2.49. The summed E-state index contributed by atoms with van der Waals surface area (Å²) < 4.78 is 39.3. The Hall–Kier alpha value is -2.36. The Bertz CT molecular complexity index is 647. The van der Waals surface area contributed by atoms with E-state index < -0.39 is 29.3 Å². The van der Waals surface area contributed by atoms with Crippen molar-refractivity contribution < 1.29 is 22.8 Å². The Kier molecular flexibility index (Phi) is 3.73. The van der Waals surface area contributed by atoms with E-state index in [-0.39, 0.29) is 24.1 Å². The van der Waals surface area contributed by atoms with Gasteiger partial charge in [0.05, 0.1) is 23.2 Å². The van der Waals surface area contributed by atoms with Crippen LogP contribution in [0.15, 0.2) is 12.1 Å². The zero-order valence-electron chi connectivity index (χ0n) is 11.1. The van der Waals surface area contributed by atoms with Gasteiger partial charge in [-0.3, -0.25) is 4.79 Å². The second-order valence-corrected chi connectivity index (χ2v) is 4.75. The molecule has 0 bridgehead atoms. The molecular formula is C14H11F3N2O2. The van der Waals surface area contributed by atoms with E-state index in [2.05, 4.69) is 0 Å². The predicted octanol–water partition coefficient (Wildman–Crippen LogP) is 2.58. The number of hydrogen-bond donors (Lipinski definition) is 0. The van der Waals surface area contributed by atoms with Crippen molar-refractivity contribution in [2.45, 2.75) is 32.0 Å². The van der Waals surface area contributed by atoms with Crippen LogP contribution in [0.25, 0.3) is 0 Å². The first kappa shape index (κ1) is 15.0. The number of amides is 1. The summed E-state index contributed by atoms with van der Waals surface area (Å²) in [5, 5.41) is 8.83. The molecule has 110 valence electrons. The second kappa shape index (κ2) is 5.20. The van der Waals surface area contributed by atoms with Crippen molar-refractivity contribution in [1.29, 1.82) is 5.26 Å². The topological polar surface area (TPSA) is 61.2 Å². The van der Waals surface area contributed by atoms with E-state index in [1.807, 2.05) is 0 Å². The molecule has 21 heavy (non-hydrogen) atoms. The van der Waals surface area contributed by atoms with Crippen molar-refractivity contribution >= 4 is 17.9 Å². The quantitative estimate of drug-likeness (QED) is 0.788. The Labute approximate surface area is 118 Å². The van der Waals surface area contributed by atoms with Crippen molar-refractivity contribution in [2.24, 2.45) is 0 Å². The fourth-order valence-corrected chi connectivity index (χ4v) is 2.57. The first-order chi connectivity index (χ1) is 9.81. The summed E-state index contributed by atoms with van der Waals surface area (Å²) in [5.41, 5.74) is -1.76. The fourth-order valence-electron chi connectivity index (χ4n) is 2.57. The van der Waals surface area contributed by atoms with E-state index in [0.717, 1.165) is 11.0 Å². The number of rotatable bonds is 2. The smallest absolute Gasteiger partial charge is 0.302 e. The van der Waals surface area contributed by atoms with Crippen LogP contribution >= 0.6 is 0 Å². The van der Waals surface area contributed by atoms with Gasteiger partial charge < -0.3 is 9.69 Å². The highest BCUT2D eigenvalue weighted by Crippen LogP contribution is 2.39. The van der Waals surface area contributed by atoms with Gasteiger partial charge in [0, 0.05) is 12.1 Å². The molecular weight excluding hydrogens is 285 g/mol. The van der Waals surface area contributed by atoms with Crippen LogP contribution in [0.2, 0.25) is 0 Å². The van der Waals surface area contributed by atoms with Crippen molar-refractivity contribution in [3.63, 3.8) is 0 Å². The zero-order valence-corrected chi connectivity index (χ0v) is 11.1. The molecule has 0 aliphatic carbocycles. The summed E-state index contributed by atoms with van der Waals surface area (Å²) >= 11 is 0. The molecule has 1 atom stereocenters. The molecule has 0 saturated carbocycles. The highest BCUT2D eigenvalue weighted by atomic mass is 19.4. The minimum absolute atomic E-state index is 0.0286. The summed E-state index contributed by atoms with van der Waals surface area (Å²) in [4.78, 5) is 23.9. The van der Waals surface area contributed by atoms with Gasteiger partial charge in [-0.05, 0) is 31.0 Å². The van der Waals surface area contributed by atoms with E-state index in [1.165, 1.54) is 19.1 Å². The minimum Gasteiger partial charge on any atom is -0.302 e. The first-order valence-electron chi connectivity index (χ1n) is 6.19. The standard InChI is InChI=1S/C14H11F3N2O2/c1-8-11(19-10(7-20)3-5-12(19)21)4-2-9(6-18)13(8)14(15,16)17/h2,4,7,10H,3,5H2,1H3/t10-/m1/s1. The van der Waals surface area contributed by atoms with Crippen molar-refractivity contribution in [1.82, 2.24) is 0 Å². The van der Waals surface area contributed by atoms with Gasteiger partial charge in [-0.25, -0.2) is 0 Å². The Morgan fingerprint density at radius 1 is 1.43 bits per heavy atom. The molecule has 2 rings (SSSR count).